The number of carbonyl (C=O) groups is 1. The molecular weight excluding hydrogens is 338 g/mol. The van der Waals surface area contributed by atoms with Crippen LogP contribution in [0.3, 0.4) is 0 Å². The minimum absolute atomic E-state index is 0.375. The summed E-state index contributed by atoms with van der Waals surface area (Å²) in [4.78, 5) is 13.3. The number of rotatable bonds is 3. The van der Waals surface area contributed by atoms with Gasteiger partial charge in [0.15, 0.2) is 11.5 Å². The summed E-state index contributed by atoms with van der Waals surface area (Å²) in [5.41, 5.74) is 1.04. The van der Waals surface area contributed by atoms with Gasteiger partial charge in [0.05, 0.1) is 17.7 Å². The van der Waals surface area contributed by atoms with Crippen LogP contribution >= 0.6 is 15.9 Å². The molecule has 5 nitrogen and oxygen atoms in total. The molecule has 1 aromatic carbocycles. The van der Waals surface area contributed by atoms with E-state index in [-0.39, 0.29) is 6.04 Å². The molecule has 0 radical (unpaired) electrons. The van der Waals surface area contributed by atoms with Gasteiger partial charge in [0, 0.05) is 13.0 Å². The van der Waals surface area contributed by atoms with Gasteiger partial charge in [-0.2, -0.15) is 0 Å². The number of benzene rings is 1. The zero-order chi connectivity index (χ0) is 14.8. The summed E-state index contributed by atoms with van der Waals surface area (Å²) in [5, 5.41) is 9.25. The summed E-state index contributed by atoms with van der Waals surface area (Å²) in [5.74, 6) is 0.747. The number of carboxylic acid groups (broad SMARTS) is 1. The van der Waals surface area contributed by atoms with E-state index in [2.05, 4.69) is 15.9 Å². The fourth-order valence-electron chi connectivity index (χ4n) is 2.91. The smallest absolute Gasteiger partial charge is 0.320 e. The SMILES string of the molecule is O=C(O)C1CCCN1Cc1cc(Br)c2c(c1)OCCCO2. The number of fused-ring (bicyclic) bond motifs is 1. The predicted molar refractivity (Wildman–Crippen MR) is 80.8 cm³/mol. The van der Waals surface area contributed by atoms with Crippen molar-refractivity contribution >= 4 is 21.9 Å². The molecule has 0 aromatic heterocycles. The van der Waals surface area contributed by atoms with Crippen LogP contribution in [0.15, 0.2) is 16.6 Å². The minimum Gasteiger partial charge on any atom is -0.490 e. The van der Waals surface area contributed by atoms with Crippen molar-refractivity contribution in [3.63, 3.8) is 0 Å². The summed E-state index contributed by atoms with van der Waals surface area (Å²) in [6.07, 6.45) is 2.52. The van der Waals surface area contributed by atoms with Crippen LogP contribution in [0.1, 0.15) is 24.8 Å². The van der Waals surface area contributed by atoms with E-state index >= 15 is 0 Å². The topological polar surface area (TPSA) is 59.0 Å². The van der Waals surface area contributed by atoms with Gasteiger partial charge in [-0.05, 0) is 53.0 Å². The average molecular weight is 356 g/mol. The molecule has 1 N–H and O–H groups in total. The second-order valence-electron chi connectivity index (χ2n) is 5.42. The highest BCUT2D eigenvalue weighted by molar-refractivity contribution is 9.10. The van der Waals surface area contributed by atoms with Crippen molar-refractivity contribution < 1.29 is 19.4 Å². The number of halogens is 1. The molecule has 0 aliphatic carbocycles. The highest BCUT2D eigenvalue weighted by Gasteiger charge is 2.30. The third kappa shape index (κ3) is 3.16. The summed E-state index contributed by atoms with van der Waals surface area (Å²) in [6.45, 7) is 2.73. The first-order chi connectivity index (χ1) is 10.1. The van der Waals surface area contributed by atoms with E-state index in [9.17, 15) is 9.90 Å². The Morgan fingerprint density at radius 3 is 2.95 bits per heavy atom. The van der Waals surface area contributed by atoms with Crippen LogP contribution in [0.25, 0.3) is 0 Å². The maximum absolute atomic E-state index is 11.3. The largest absolute Gasteiger partial charge is 0.490 e. The van der Waals surface area contributed by atoms with Gasteiger partial charge in [0.25, 0.3) is 0 Å². The van der Waals surface area contributed by atoms with Crippen molar-refractivity contribution in [3.05, 3.63) is 22.2 Å². The van der Waals surface area contributed by atoms with E-state index in [1.807, 2.05) is 17.0 Å². The van der Waals surface area contributed by atoms with Crippen molar-refractivity contribution in [2.24, 2.45) is 0 Å². The predicted octanol–water partition coefficient (Wildman–Crippen LogP) is 2.66. The third-order valence-corrected chi connectivity index (χ3v) is 4.49. The van der Waals surface area contributed by atoms with Crippen molar-refractivity contribution in [3.8, 4) is 11.5 Å². The molecule has 21 heavy (non-hydrogen) atoms. The van der Waals surface area contributed by atoms with Gasteiger partial charge in [-0.1, -0.05) is 0 Å². The molecule has 3 rings (SSSR count). The quantitative estimate of drug-likeness (QED) is 0.903. The summed E-state index contributed by atoms with van der Waals surface area (Å²) < 4.78 is 12.3. The highest BCUT2D eigenvalue weighted by atomic mass is 79.9. The monoisotopic (exact) mass is 355 g/mol. The zero-order valence-electron chi connectivity index (χ0n) is 11.7. The summed E-state index contributed by atoms with van der Waals surface area (Å²) in [6, 6.07) is 3.58. The average Bonchev–Trinajstić information content (AvgIpc) is 2.76. The normalized spacial score (nSPS) is 22.0. The van der Waals surface area contributed by atoms with Crippen LogP contribution < -0.4 is 9.47 Å². The van der Waals surface area contributed by atoms with Gasteiger partial charge in [-0.25, -0.2) is 0 Å². The van der Waals surface area contributed by atoms with E-state index < -0.39 is 5.97 Å². The molecular formula is C15H18BrNO4. The van der Waals surface area contributed by atoms with E-state index in [0.717, 1.165) is 47.3 Å². The Labute approximate surface area is 132 Å². The van der Waals surface area contributed by atoms with Gasteiger partial charge in [0.1, 0.15) is 6.04 Å². The molecule has 1 unspecified atom stereocenters. The second kappa shape index (κ2) is 6.23. The Morgan fingerprint density at radius 2 is 2.14 bits per heavy atom. The lowest BCUT2D eigenvalue weighted by atomic mass is 10.1. The van der Waals surface area contributed by atoms with Crippen LogP contribution in [-0.2, 0) is 11.3 Å². The van der Waals surface area contributed by atoms with Gasteiger partial charge >= 0.3 is 5.97 Å². The Kier molecular flexibility index (Phi) is 4.35. The lowest BCUT2D eigenvalue weighted by molar-refractivity contribution is -0.142. The molecule has 2 aliphatic heterocycles. The van der Waals surface area contributed by atoms with Gasteiger partial charge in [0.2, 0.25) is 0 Å². The molecule has 1 atom stereocenters. The van der Waals surface area contributed by atoms with Crippen LogP contribution in [0.5, 0.6) is 11.5 Å². The molecule has 114 valence electrons. The number of aliphatic carboxylic acids is 1. The molecule has 2 heterocycles. The first-order valence-corrected chi connectivity index (χ1v) is 7.99. The molecule has 0 amide bonds. The summed E-state index contributed by atoms with van der Waals surface area (Å²) >= 11 is 3.52. The molecule has 0 bridgehead atoms. The number of nitrogens with zero attached hydrogens (tertiary/aromatic N) is 1. The first-order valence-electron chi connectivity index (χ1n) is 7.20. The Bertz CT molecular complexity index is 549. The Balaban J connectivity index is 1.81. The number of hydrogen-bond donors (Lipinski definition) is 1. The van der Waals surface area contributed by atoms with E-state index in [0.29, 0.717) is 19.8 Å². The van der Waals surface area contributed by atoms with Crippen molar-refractivity contribution in [1.29, 1.82) is 0 Å². The maximum Gasteiger partial charge on any atom is 0.320 e. The molecule has 1 saturated heterocycles. The zero-order valence-corrected chi connectivity index (χ0v) is 13.3. The van der Waals surface area contributed by atoms with Crippen LogP contribution in [0, 0.1) is 0 Å². The first kappa shape index (κ1) is 14.7. The van der Waals surface area contributed by atoms with Crippen molar-refractivity contribution in [1.82, 2.24) is 4.90 Å². The Hall–Kier alpha value is -1.27. The highest BCUT2D eigenvalue weighted by Crippen LogP contribution is 2.38. The molecule has 1 aromatic rings. The number of carboxylic acids is 1. The molecule has 2 aliphatic rings. The molecule has 6 heteroatoms. The molecule has 1 fully saturated rings. The van der Waals surface area contributed by atoms with E-state index in [4.69, 9.17) is 9.47 Å². The van der Waals surface area contributed by atoms with E-state index in [1.54, 1.807) is 0 Å². The summed E-state index contributed by atoms with van der Waals surface area (Å²) in [7, 11) is 0. The van der Waals surface area contributed by atoms with Crippen molar-refractivity contribution in [2.75, 3.05) is 19.8 Å². The number of ether oxygens (including phenoxy) is 2. The number of likely N-dealkylation sites (tertiary alicyclic amines) is 1. The minimum atomic E-state index is -0.735. The number of hydrogen-bond acceptors (Lipinski definition) is 4. The van der Waals surface area contributed by atoms with Crippen LogP contribution in [-0.4, -0.2) is 41.8 Å². The fraction of sp³-hybridized carbons (Fsp3) is 0.533. The van der Waals surface area contributed by atoms with Crippen molar-refractivity contribution in [2.45, 2.75) is 31.8 Å². The standard InChI is InChI=1S/C15H18BrNO4/c16-11-7-10(8-13-14(11)21-6-2-5-20-13)9-17-4-1-3-12(17)15(18)19/h7-8,12H,1-6,9H2,(H,18,19). The second-order valence-corrected chi connectivity index (χ2v) is 6.28. The molecule has 0 saturated carbocycles. The lowest BCUT2D eigenvalue weighted by Crippen LogP contribution is -2.35. The van der Waals surface area contributed by atoms with E-state index in [1.165, 1.54) is 0 Å². The Morgan fingerprint density at radius 1 is 1.33 bits per heavy atom. The van der Waals surface area contributed by atoms with Gasteiger partial charge in [-0.15, -0.1) is 0 Å². The molecule has 0 spiro atoms. The van der Waals surface area contributed by atoms with Gasteiger partial charge in [-0.3, -0.25) is 9.69 Å². The maximum atomic E-state index is 11.3. The van der Waals surface area contributed by atoms with Gasteiger partial charge < -0.3 is 14.6 Å². The fourth-order valence-corrected chi connectivity index (χ4v) is 3.51. The third-order valence-electron chi connectivity index (χ3n) is 3.90. The van der Waals surface area contributed by atoms with Crippen LogP contribution in [0.4, 0.5) is 0 Å². The van der Waals surface area contributed by atoms with Crippen LogP contribution in [0.2, 0.25) is 0 Å². The lowest BCUT2D eigenvalue weighted by Gasteiger charge is -2.22.